The molecule has 1 fully saturated rings. The van der Waals surface area contributed by atoms with Crippen LogP contribution in [0, 0.1) is 5.92 Å². The Morgan fingerprint density at radius 2 is 2.21 bits per heavy atom. The van der Waals surface area contributed by atoms with Gasteiger partial charge in [-0.2, -0.15) is 13.2 Å². The van der Waals surface area contributed by atoms with E-state index in [-0.39, 0.29) is 11.6 Å². The Hall–Kier alpha value is -1.02. The first-order chi connectivity index (χ1) is 8.65. The molecule has 1 heterocycles. The van der Waals surface area contributed by atoms with Crippen molar-refractivity contribution in [3.05, 3.63) is 0 Å². The van der Waals surface area contributed by atoms with Gasteiger partial charge < -0.3 is 21.0 Å². The molecule has 0 aromatic rings. The Morgan fingerprint density at radius 1 is 1.58 bits per heavy atom. The third kappa shape index (κ3) is 4.87. The van der Waals surface area contributed by atoms with Gasteiger partial charge in [0.25, 0.3) is 0 Å². The maximum Gasteiger partial charge on any atom is 0.400 e. The van der Waals surface area contributed by atoms with Crippen LogP contribution in [0.3, 0.4) is 0 Å². The Bertz CT molecular complexity index is 332. The van der Waals surface area contributed by atoms with Gasteiger partial charge in [-0.15, -0.1) is 0 Å². The minimum atomic E-state index is -4.54. The van der Waals surface area contributed by atoms with Gasteiger partial charge in [0.15, 0.2) is 5.84 Å². The summed E-state index contributed by atoms with van der Waals surface area (Å²) >= 11 is 0. The molecular formula is C11H20F3N3O2. The summed E-state index contributed by atoms with van der Waals surface area (Å²) in [6, 6.07) is -0.0694. The number of amidine groups is 1. The van der Waals surface area contributed by atoms with Gasteiger partial charge in [0.1, 0.15) is 5.92 Å². The van der Waals surface area contributed by atoms with Crippen molar-refractivity contribution in [2.45, 2.75) is 44.5 Å². The molecule has 0 aliphatic carbocycles. The summed E-state index contributed by atoms with van der Waals surface area (Å²) in [5.41, 5.74) is 4.74. The van der Waals surface area contributed by atoms with E-state index in [1.807, 2.05) is 13.8 Å². The van der Waals surface area contributed by atoms with Crippen molar-refractivity contribution < 1.29 is 23.1 Å². The maximum atomic E-state index is 12.7. The molecule has 19 heavy (non-hydrogen) atoms. The predicted octanol–water partition coefficient (Wildman–Crippen LogP) is 1.46. The average molecular weight is 283 g/mol. The number of halogens is 3. The third-order valence-corrected chi connectivity index (χ3v) is 3.18. The van der Waals surface area contributed by atoms with E-state index in [2.05, 4.69) is 10.5 Å². The zero-order valence-electron chi connectivity index (χ0n) is 11.0. The Labute approximate surface area is 110 Å². The van der Waals surface area contributed by atoms with Gasteiger partial charge in [0, 0.05) is 19.2 Å². The molecule has 1 saturated heterocycles. The van der Waals surface area contributed by atoms with Crippen LogP contribution in [0.25, 0.3) is 0 Å². The second-order valence-corrected chi connectivity index (χ2v) is 5.33. The molecule has 0 aromatic heterocycles. The van der Waals surface area contributed by atoms with Crippen LogP contribution in [0.5, 0.6) is 0 Å². The largest absolute Gasteiger partial charge is 0.409 e. The van der Waals surface area contributed by atoms with Crippen LogP contribution in [0.1, 0.15) is 26.7 Å². The molecule has 2 atom stereocenters. The SMILES string of the molecule is CC1(C)CC(NCC(C(N)=NO)C(F)(F)F)CCO1. The van der Waals surface area contributed by atoms with E-state index in [0.29, 0.717) is 19.4 Å². The molecule has 8 heteroatoms. The van der Waals surface area contributed by atoms with Gasteiger partial charge in [-0.3, -0.25) is 0 Å². The third-order valence-electron chi connectivity index (χ3n) is 3.18. The molecule has 1 rings (SSSR count). The van der Waals surface area contributed by atoms with Crippen LogP contribution in [-0.4, -0.2) is 42.0 Å². The first-order valence-corrected chi connectivity index (χ1v) is 6.07. The van der Waals surface area contributed by atoms with Crippen molar-refractivity contribution in [2.24, 2.45) is 16.8 Å². The van der Waals surface area contributed by atoms with E-state index in [4.69, 9.17) is 15.7 Å². The van der Waals surface area contributed by atoms with Crippen molar-refractivity contribution in [1.82, 2.24) is 5.32 Å². The second-order valence-electron chi connectivity index (χ2n) is 5.33. The number of hydrogen-bond acceptors (Lipinski definition) is 4. The number of nitrogens with two attached hydrogens (primary N) is 1. The Morgan fingerprint density at radius 3 is 2.68 bits per heavy atom. The Balaban J connectivity index is 2.57. The topological polar surface area (TPSA) is 79.9 Å². The lowest BCUT2D eigenvalue weighted by Crippen LogP contribution is -2.49. The first kappa shape index (κ1) is 16.0. The smallest absolute Gasteiger partial charge is 0.400 e. The van der Waals surface area contributed by atoms with Crippen molar-refractivity contribution in [3.63, 3.8) is 0 Å². The van der Waals surface area contributed by atoms with Crippen molar-refractivity contribution in [3.8, 4) is 0 Å². The van der Waals surface area contributed by atoms with Crippen LogP contribution in [0.4, 0.5) is 13.2 Å². The van der Waals surface area contributed by atoms with Gasteiger partial charge in [-0.1, -0.05) is 5.16 Å². The van der Waals surface area contributed by atoms with Crippen LogP contribution in [0.2, 0.25) is 0 Å². The maximum absolute atomic E-state index is 12.7. The molecular weight excluding hydrogens is 263 g/mol. The van der Waals surface area contributed by atoms with Gasteiger partial charge in [-0.25, -0.2) is 0 Å². The molecule has 0 saturated carbocycles. The van der Waals surface area contributed by atoms with Gasteiger partial charge in [-0.05, 0) is 26.7 Å². The molecule has 1 aliphatic heterocycles. The summed E-state index contributed by atoms with van der Waals surface area (Å²) in [5.74, 6) is -2.81. The highest BCUT2D eigenvalue weighted by atomic mass is 19.4. The van der Waals surface area contributed by atoms with E-state index in [1.165, 1.54) is 0 Å². The molecule has 112 valence electrons. The summed E-state index contributed by atoms with van der Waals surface area (Å²) in [4.78, 5) is 0. The fourth-order valence-corrected chi connectivity index (χ4v) is 2.15. The highest BCUT2D eigenvalue weighted by molar-refractivity contribution is 5.83. The molecule has 2 unspecified atom stereocenters. The molecule has 1 aliphatic rings. The van der Waals surface area contributed by atoms with Crippen molar-refractivity contribution >= 4 is 5.84 Å². The van der Waals surface area contributed by atoms with Gasteiger partial charge >= 0.3 is 6.18 Å². The molecule has 5 nitrogen and oxygen atoms in total. The standard InChI is InChI=1S/C11H20F3N3O2/c1-10(2)5-7(3-4-19-10)16-6-8(9(15)17-18)11(12,13)14/h7-8,16,18H,3-6H2,1-2H3,(H2,15,17). The van der Waals surface area contributed by atoms with Crippen LogP contribution in [0.15, 0.2) is 5.16 Å². The molecule has 0 spiro atoms. The van der Waals surface area contributed by atoms with Gasteiger partial charge in [0.05, 0.1) is 5.60 Å². The zero-order valence-corrected chi connectivity index (χ0v) is 11.0. The fraction of sp³-hybridized carbons (Fsp3) is 0.909. The number of nitrogens with zero attached hydrogens (tertiary/aromatic N) is 1. The van der Waals surface area contributed by atoms with Gasteiger partial charge in [0.2, 0.25) is 0 Å². The summed E-state index contributed by atoms with van der Waals surface area (Å²) in [6.07, 6.45) is -3.28. The number of ether oxygens (including phenoxy) is 1. The lowest BCUT2D eigenvalue weighted by molar-refractivity contribution is -0.155. The van der Waals surface area contributed by atoms with Crippen LogP contribution < -0.4 is 11.1 Å². The van der Waals surface area contributed by atoms with E-state index in [0.717, 1.165) is 0 Å². The quantitative estimate of drug-likeness (QED) is 0.316. The predicted molar refractivity (Wildman–Crippen MR) is 64.0 cm³/mol. The lowest BCUT2D eigenvalue weighted by atomic mass is 9.93. The molecule has 0 radical (unpaired) electrons. The second kappa shape index (κ2) is 5.96. The van der Waals surface area contributed by atoms with Crippen molar-refractivity contribution in [2.75, 3.05) is 13.2 Å². The highest BCUT2D eigenvalue weighted by Gasteiger charge is 2.43. The molecule has 0 bridgehead atoms. The number of oxime groups is 1. The summed E-state index contributed by atoms with van der Waals surface area (Å²) < 4.78 is 43.7. The summed E-state index contributed by atoms with van der Waals surface area (Å²) in [7, 11) is 0. The van der Waals surface area contributed by atoms with Crippen LogP contribution in [-0.2, 0) is 4.74 Å². The van der Waals surface area contributed by atoms with E-state index in [9.17, 15) is 13.2 Å². The van der Waals surface area contributed by atoms with E-state index in [1.54, 1.807) is 0 Å². The highest BCUT2D eigenvalue weighted by Crippen LogP contribution is 2.28. The minimum Gasteiger partial charge on any atom is -0.409 e. The number of nitrogens with one attached hydrogen (secondary N) is 1. The average Bonchev–Trinajstić information content (AvgIpc) is 2.25. The zero-order chi connectivity index (χ0) is 14.7. The Kier molecular flexibility index (Phi) is 5.03. The first-order valence-electron chi connectivity index (χ1n) is 6.07. The number of hydrogen-bond donors (Lipinski definition) is 3. The normalized spacial score (nSPS) is 26.2. The van der Waals surface area contributed by atoms with Crippen LogP contribution >= 0.6 is 0 Å². The molecule has 0 aromatic carbocycles. The monoisotopic (exact) mass is 283 g/mol. The number of alkyl halides is 3. The number of rotatable bonds is 4. The summed E-state index contributed by atoms with van der Waals surface area (Å²) in [5, 5.41) is 13.7. The fourth-order valence-electron chi connectivity index (χ4n) is 2.15. The lowest BCUT2D eigenvalue weighted by Gasteiger charge is -2.36. The van der Waals surface area contributed by atoms with E-state index < -0.39 is 24.5 Å². The molecule has 4 N–H and O–H groups in total. The van der Waals surface area contributed by atoms with E-state index >= 15 is 0 Å². The summed E-state index contributed by atoms with van der Waals surface area (Å²) in [6.45, 7) is 3.89. The molecule has 0 amide bonds. The van der Waals surface area contributed by atoms with Crippen molar-refractivity contribution in [1.29, 1.82) is 0 Å². The minimum absolute atomic E-state index is 0.0694.